The lowest BCUT2D eigenvalue weighted by atomic mass is 9.82. The number of anilines is 1. The van der Waals surface area contributed by atoms with E-state index in [0.717, 1.165) is 17.4 Å². The summed E-state index contributed by atoms with van der Waals surface area (Å²) in [6, 6.07) is 8.94. The SMILES string of the molecule is c1nnc(-c2ccc(NC3CCCC(C4CC4)C3)cc2)o1. The van der Waals surface area contributed by atoms with Crippen molar-refractivity contribution in [3.05, 3.63) is 30.7 Å². The average Bonchev–Trinajstić information content (AvgIpc) is 3.24. The van der Waals surface area contributed by atoms with Crippen molar-refractivity contribution >= 4 is 5.69 Å². The van der Waals surface area contributed by atoms with Crippen LogP contribution >= 0.6 is 0 Å². The monoisotopic (exact) mass is 283 g/mol. The molecule has 0 saturated heterocycles. The normalized spacial score (nSPS) is 25.7. The van der Waals surface area contributed by atoms with E-state index in [-0.39, 0.29) is 0 Å². The summed E-state index contributed by atoms with van der Waals surface area (Å²) in [5.41, 5.74) is 2.16. The number of hydrogen-bond donors (Lipinski definition) is 1. The van der Waals surface area contributed by atoms with Crippen LogP contribution in [0.1, 0.15) is 38.5 Å². The minimum absolute atomic E-state index is 0.577. The minimum Gasteiger partial charge on any atom is -0.423 e. The predicted octanol–water partition coefficient (Wildman–Crippen LogP) is 4.12. The molecule has 1 heterocycles. The number of nitrogens with zero attached hydrogens (tertiary/aromatic N) is 2. The maximum atomic E-state index is 5.21. The Morgan fingerprint density at radius 3 is 2.57 bits per heavy atom. The molecular formula is C17H21N3O. The van der Waals surface area contributed by atoms with Crippen molar-refractivity contribution in [3.8, 4) is 11.5 Å². The fraction of sp³-hybridized carbons (Fsp3) is 0.529. The maximum absolute atomic E-state index is 5.21. The Labute approximate surface area is 125 Å². The fourth-order valence-electron chi connectivity index (χ4n) is 3.60. The van der Waals surface area contributed by atoms with Gasteiger partial charge in [-0.1, -0.05) is 12.8 Å². The van der Waals surface area contributed by atoms with E-state index in [0.29, 0.717) is 11.9 Å². The number of rotatable bonds is 4. The zero-order valence-corrected chi connectivity index (χ0v) is 12.2. The van der Waals surface area contributed by atoms with E-state index in [1.807, 2.05) is 12.1 Å². The van der Waals surface area contributed by atoms with Gasteiger partial charge >= 0.3 is 0 Å². The summed E-state index contributed by atoms with van der Waals surface area (Å²) >= 11 is 0. The molecule has 0 amide bonds. The number of benzene rings is 1. The van der Waals surface area contributed by atoms with Crippen LogP contribution in [0.2, 0.25) is 0 Å². The third-order valence-electron chi connectivity index (χ3n) is 4.87. The van der Waals surface area contributed by atoms with E-state index in [2.05, 4.69) is 27.6 Å². The van der Waals surface area contributed by atoms with Crippen LogP contribution in [0, 0.1) is 11.8 Å². The first-order valence-electron chi connectivity index (χ1n) is 8.01. The number of aromatic nitrogens is 2. The standard InChI is InChI=1S/C17H21N3O/c1-2-14(12-4-5-12)10-16(3-1)19-15-8-6-13(7-9-15)17-20-18-11-21-17/h6-9,11-12,14,16,19H,1-5,10H2. The minimum atomic E-state index is 0.577. The molecule has 0 aliphatic heterocycles. The van der Waals surface area contributed by atoms with Gasteiger partial charge in [-0.25, -0.2) is 0 Å². The quantitative estimate of drug-likeness (QED) is 0.917. The first-order chi connectivity index (χ1) is 10.4. The van der Waals surface area contributed by atoms with E-state index in [1.54, 1.807) is 0 Å². The van der Waals surface area contributed by atoms with Crippen LogP contribution in [0.3, 0.4) is 0 Å². The summed E-state index contributed by atoms with van der Waals surface area (Å²) < 4.78 is 5.21. The third kappa shape index (κ3) is 2.94. The molecule has 4 nitrogen and oxygen atoms in total. The Morgan fingerprint density at radius 1 is 1.00 bits per heavy atom. The molecule has 2 unspecified atom stereocenters. The van der Waals surface area contributed by atoms with Crippen LogP contribution < -0.4 is 5.32 Å². The van der Waals surface area contributed by atoms with Crippen LogP contribution in [-0.2, 0) is 0 Å². The highest BCUT2D eigenvalue weighted by atomic mass is 16.4. The number of hydrogen-bond acceptors (Lipinski definition) is 4. The summed E-state index contributed by atoms with van der Waals surface area (Å²) in [7, 11) is 0. The molecule has 4 rings (SSSR count). The maximum Gasteiger partial charge on any atom is 0.247 e. The lowest BCUT2D eigenvalue weighted by Crippen LogP contribution is -2.28. The molecule has 1 aromatic carbocycles. The van der Waals surface area contributed by atoms with E-state index in [1.165, 1.54) is 50.6 Å². The second-order valence-corrected chi connectivity index (χ2v) is 6.43. The molecule has 21 heavy (non-hydrogen) atoms. The molecule has 1 aromatic heterocycles. The van der Waals surface area contributed by atoms with Gasteiger partial charge < -0.3 is 9.73 Å². The second-order valence-electron chi connectivity index (χ2n) is 6.43. The summed E-state index contributed by atoms with van der Waals surface area (Å²) in [6.07, 6.45) is 9.76. The first-order valence-corrected chi connectivity index (χ1v) is 8.01. The second kappa shape index (κ2) is 5.51. The van der Waals surface area contributed by atoms with Gasteiger partial charge in [-0.2, -0.15) is 0 Å². The van der Waals surface area contributed by atoms with Crippen molar-refractivity contribution in [2.75, 3.05) is 5.32 Å². The lowest BCUT2D eigenvalue weighted by molar-refractivity contribution is 0.303. The highest BCUT2D eigenvalue weighted by Gasteiger charge is 2.34. The molecule has 1 N–H and O–H groups in total. The molecule has 2 aliphatic rings. The summed E-state index contributed by atoms with van der Waals surface area (Å²) in [6.45, 7) is 0. The zero-order chi connectivity index (χ0) is 14.1. The van der Waals surface area contributed by atoms with Crippen molar-refractivity contribution in [3.63, 3.8) is 0 Å². The Kier molecular flexibility index (Phi) is 3.37. The zero-order valence-electron chi connectivity index (χ0n) is 12.2. The van der Waals surface area contributed by atoms with Crippen molar-refractivity contribution in [2.45, 2.75) is 44.6 Å². The van der Waals surface area contributed by atoms with Crippen LogP contribution in [0.25, 0.3) is 11.5 Å². The molecule has 110 valence electrons. The molecular weight excluding hydrogens is 262 g/mol. The average molecular weight is 283 g/mol. The Balaban J connectivity index is 1.40. The van der Waals surface area contributed by atoms with Crippen LogP contribution in [0.4, 0.5) is 5.69 Å². The van der Waals surface area contributed by atoms with E-state index >= 15 is 0 Å². The van der Waals surface area contributed by atoms with Crippen molar-refractivity contribution in [1.29, 1.82) is 0 Å². The van der Waals surface area contributed by atoms with E-state index in [9.17, 15) is 0 Å². The van der Waals surface area contributed by atoms with Gasteiger partial charge in [-0.15, -0.1) is 10.2 Å². The van der Waals surface area contributed by atoms with Crippen LogP contribution in [-0.4, -0.2) is 16.2 Å². The van der Waals surface area contributed by atoms with Crippen LogP contribution in [0.15, 0.2) is 35.1 Å². The summed E-state index contributed by atoms with van der Waals surface area (Å²) in [5, 5.41) is 11.3. The molecule has 2 fully saturated rings. The lowest BCUT2D eigenvalue weighted by Gasteiger charge is -2.30. The molecule has 4 heteroatoms. The van der Waals surface area contributed by atoms with Crippen molar-refractivity contribution < 1.29 is 4.42 Å². The van der Waals surface area contributed by atoms with Gasteiger partial charge in [0.15, 0.2) is 0 Å². The fourth-order valence-corrected chi connectivity index (χ4v) is 3.60. The molecule has 2 aromatic rings. The Morgan fingerprint density at radius 2 is 1.86 bits per heavy atom. The van der Waals surface area contributed by atoms with Crippen LogP contribution in [0.5, 0.6) is 0 Å². The van der Waals surface area contributed by atoms with Crippen molar-refractivity contribution in [1.82, 2.24) is 10.2 Å². The van der Waals surface area contributed by atoms with Gasteiger partial charge in [0.1, 0.15) is 0 Å². The smallest absolute Gasteiger partial charge is 0.247 e. The largest absolute Gasteiger partial charge is 0.423 e. The van der Waals surface area contributed by atoms with Gasteiger partial charge in [0.05, 0.1) is 0 Å². The summed E-state index contributed by atoms with van der Waals surface area (Å²) in [4.78, 5) is 0. The Bertz CT molecular complexity index is 575. The predicted molar refractivity (Wildman–Crippen MR) is 81.8 cm³/mol. The third-order valence-corrected chi connectivity index (χ3v) is 4.87. The highest BCUT2D eigenvalue weighted by molar-refractivity contribution is 5.58. The summed E-state index contributed by atoms with van der Waals surface area (Å²) in [5.74, 6) is 2.58. The molecule has 2 aliphatic carbocycles. The van der Waals surface area contributed by atoms with Gasteiger partial charge in [-0.3, -0.25) is 0 Å². The molecule has 2 atom stereocenters. The van der Waals surface area contributed by atoms with Gasteiger partial charge in [-0.05, 0) is 61.8 Å². The first kappa shape index (κ1) is 12.9. The Hall–Kier alpha value is -1.84. The van der Waals surface area contributed by atoms with E-state index in [4.69, 9.17) is 4.42 Å². The molecule has 0 spiro atoms. The topological polar surface area (TPSA) is 51.0 Å². The highest BCUT2D eigenvalue weighted by Crippen LogP contribution is 2.44. The molecule has 0 bridgehead atoms. The van der Waals surface area contributed by atoms with E-state index < -0.39 is 0 Å². The number of nitrogens with one attached hydrogen (secondary N) is 1. The van der Waals surface area contributed by atoms with Gasteiger partial charge in [0.25, 0.3) is 0 Å². The van der Waals surface area contributed by atoms with Crippen molar-refractivity contribution in [2.24, 2.45) is 11.8 Å². The van der Waals surface area contributed by atoms with Gasteiger partial charge in [0.2, 0.25) is 12.3 Å². The van der Waals surface area contributed by atoms with Gasteiger partial charge in [0, 0.05) is 17.3 Å². The molecule has 0 radical (unpaired) electrons. The molecule has 2 saturated carbocycles.